The number of unbranched alkanes of at least 4 members (excludes halogenated alkanes) is 2. The van der Waals surface area contributed by atoms with Crippen LogP contribution in [0.1, 0.15) is 26.2 Å². The van der Waals surface area contributed by atoms with Crippen molar-refractivity contribution in [1.29, 1.82) is 0 Å². The Morgan fingerprint density at radius 1 is 1.21 bits per heavy atom. The lowest BCUT2D eigenvalue weighted by molar-refractivity contribution is -0.145. The smallest absolute Gasteiger partial charge is 0.497 e. The number of hydrogen-bond donors (Lipinski definition) is 1. The monoisotopic (exact) mass is 442 g/mol. The number of hydrogen-bond acceptors (Lipinski definition) is 7. The van der Waals surface area contributed by atoms with E-state index in [0.717, 1.165) is 12.8 Å². The van der Waals surface area contributed by atoms with Gasteiger partial charge in [-0.1, -0.05) is 43.5 Å². The van der Waals surface area contributed by atoms with E-state index in [0.29, 0.717) is 11.4 Å². The van der Waals surface area contributed by atoms with Gasteiger partial charge in [0.05, 0.1) is 18.0 Å². The fourth-order valence-electron chi connectivity index (χ4n) is 2.61. The van der Waals surface area contributed by atoms with Crippen molar-refractivity contribution in [2.45, 2.75) is 37.0 Å². The van der Waals surface area contributed by atoms with Crippen molar-refractivity contribution in [2.24, 2.45) is 0 Å². The highest BCUT2D eigenvalue weighted by atomic mass is 35.5. The molecule has 0 amide bonds. The topological polar surface area (TPSA) is 102 Å². The van der Waals surface area contributed by atoms with E-state index in [4.69, 9.17) is 20.9 Å². The molecule has 1 unspecified atom stereocenters. The Hall–Kier alpha value is -1.88. The molecule has 0 radical (unpaired) electrons. The van der Waals surface area contributed by atoms with Crippen LogP contribution in [0.25, 0.3) is 0 Å². The molecule has 8 nitrogen and oxygen atoms in total. The molecule has 0 aliphatic carbocycles. The Balaban J connectivity index is 2.27. The lowest BCUT2D eigenvalue weighted by atomic mass is 9.78. The SMILES string of the molecule is CCCC/C=C/C(NS(=O)(=O)c1ccc(Cl)cc1)B1OC(=O)CN(C)CC(=O)O1. The summed E-state index contributed by atoms with van der Waals surface area (Å²) in [5, 5.41) is 0.395. The molecule has 1 aliphatic rings. The molecule has 0 saturated carbocycles. The Morgan fingerprint density at radius 2 is 1.79 bits per heavy atom. The number of sulfonamides is 1. The highest BCUT2D eigenvalue weighted by Gasteiger charge is 2.40. The molecule has 2 rings (SSSR count). The first-order valence-corrected chi connectivity index (χ1v) is 11.1. The van der Waals surface area contributed by atoms with Crippen LogP contribution in [0.15, 0.2) is 41.3 Å². The van der Waals surface area contributed by atoms with Crippen LogP contribution in [0.4, 0.5) is 0 Å². The van der Waals surface area contributed by atoms with Gasteiger partial charge in [-0.15, -0.1) is 0 Å². The second-order valence-corrected chi connectivity index (χ2v) is 8.84. The summed E-state index contributed by atoms with van der Waals surface area (Å²) < 4.78 is 38.5. The van der Waals surface area contributed by atoms with Crippen molar-refractivity contribution >= 4 is 40.7 Å². The van der Waals surface area contributed by atoms with Crippen molar-refractivity contribution in [3.8, 4) is 0 Å². The first kappa shape index (κ1) is 23.4. The highest BCUT2D eigenvalue weighted by Crippen LogP contribution is 2.16. The number of likely N-dealkylation sites (N-methyl/N-ethyl adjacent to an activating group) is 1. The zero-order valence-corrected chi connectivity index (χ0v) is 17.9. The van der Waals surface area contributed by atoms with Gasteiger partial charge in [-0.05, 0) is 37.7 Å². The van der Waals surface area contributed by atoms with Gasteiger partial charge in [0.2, 0.25) is 10.0 Å². The van der Waals surface area contributed by atoms with Gasteiger partial charge in [0.25, 0.3) is 0 Å². The quantitative estimate of drug-likeness (QED) is 0.372. The fraction of sp³-hybridized carbons (Fsp3) is 0.444. The van der Waals surface area contributed by atoms with Gasteiger partial charge < -0.3 is 9.31 Å². The molecule has 158 valence electrons. The Morgan fingerprint density at radius 3 is 2.34 bits per heavy atom. The molecule has 1 atom stereocenters. The van der Waals surface area contributed by atoms with Crippen molar-refractivity contribution in [3.05, 3.63) is 41.4 Å². The average Bonchev–Trinajstić information content (AvgIpc) is 2.62. The minimum absolute atomic E-state index is 0.0166. The summed E-state index contributed by atoms with van der Waals surface area (Å²) in [4.78, 5) is 25.5. The number of allylic oxidation sites excluding steroid dienone is 1. The average molecular weight is 443 g/mol. The minimum Gasteiger partial charge on any atom is -0.497 e. The third-order valence-corrected chi connectivity index (χ3v) is 5.80. The zero-order valence-electron chi connectivity index (χ0n) is 16.3. The van der Waals surface area contributed by atoms with Crippen molar-refractivity contribution < 1.29 is 27.3 Å². The summed E-state index contributed by atoms with van der Waals surface area (Å²) in [6, 6.07) is 5.61. The molecule has 29 heavy (non-hydrogen) atoms. The number of halogens is 1. The highest BCUT2D eigenvalue weighted by molar-refractivity contribution is 7.89. The molecular formula is C18H24BClN2O6S. The normalized spacial score (nSPS) is 17.6. The van der Waals surface area contributed by atoms with E-state index in [1.54, 1.807) is 19.2 Å². The standard InChI is InChI=1S/C18H24BClN2O6S/c1-3-4-5-6-7-16(19-27-17(23)12-22(2)13-18(24)28-19)21-29(25,26)15-10-8-14(20)9-11-15/h6-11,16,21H,3-5,12-13H2,1-2H3/b7-6+. The molecule has 1 aliphatic heterocycles. The molecule has 0 spiro atoms. The van der Waals surface area contributed by atoms with Crippen LogP contribution in [0, 0.1) is 0 Å². The maximum absolute atomic E-state index is 12.8. The van der Waals surface area contributed by atoms with E-state index in [9.17, 15) is 18.0 Å². The van der Waals surface area contributed by atoms with E-state index in [-0.39, 0.29) is 18.0 Å². The molecular weight excluding hydrogens is 419 g/mol. The summed E-state index contributed by atoms with van der Waals surface area (Å²) in [5.74, 6) is -2.32. The van der Waals surface area contributed by atoms with Gasteiger partial charge in [0.15, 0.2) is 0 Å². The first-order chi connectivity index (χ1) is 13.7. The van der Waals surface area contributed by atoms with Gasteiger partial charge in [-0.3, -0.25) is 14.5 Å². The van der Waals surface area contributed by atoms with E-state index < -0.39 is 35.0 Å². The second kappa shape index (κ2) is 10.8. The predicted octanol–water partition coefficient (Wildman–Crippen LogP) is 1.79. The van der Waals surface area contributed by atoms with Gasteiger partial charge in [-0.25, -0.2) is 13.1 Å². The van der Waals surface area contributed by atoms with Crippen LogP contribution in [0.5, 0.6) is 0 Å². The molecule has 1 N–H and O–H groups in total. The molecule has 0 aromatic heterocycles. The fourth-order valence-corrected chi connectivity index (χ4v) is 3.92. The largest absolute Gasteiger partial charge is 0.622 e. The Kier molecular flexibility index (Phi) is 8.69. The van der Waals surface area contributed by atoms with Crippen LogP contribution in [-0.2, 0) is 28.9 Å². The Bertz CT molecular complexity index is 826. The van der Waals surface area contributed by atoms with Crippen LogP contribution in [0.3, 0.4) is 0 Å². The maximum atomic E-state index is 12.8. The lowest BCUT2D eigenvalue weighted by Crippen LogP contribution is -2.53. The summed E-state index contributed by atoms with van der Waals surface area (Å²) in [7, 11) is -3.82. The predicted molar refractivity (Wildman–Crippen MR) is 110 cm³/mol. The summed E-state index contributed by atoms with van der Waals surface area (Å²) in [6.45, 7) is 1.81. The molecule has 1 aromatic carbocycles. The van der Waals surface area contributed by atoms with Gasteiger partial charge in [-0.2, -0.15) is 0 Å². The number of carbonyl (C=O) groups is 2. The lowest BCUT2D eigenvalue weighted by Gasteiger charge is -2.26. The van der Waals surface area contributed by atoms with Gasteiger partial charge in [0, 0.05) is 5.02 Å². The number of carbonyl (C=O) groups excluding carboxylic acids is 2. The van der Waals surface area contributed by atoms with Gasteiger partial charge >= 0.3 is 19.1 Å². The van der Waals surface area contributed by atoms with Crippen molar-refractivity contribution in [3.63, 3.8) is 0 Å². The number of benzene rings is 1. The number of rotatable bonds is 8. The molecule has 1 aromatic rings. The van der Waals surface area contributed by atoms with E-state index in [1.807, 2.05) is 6.92 Å². The third-order valence-electron chi connectivity index (χ3n) is 4.07. The Labute approximate surface area is 176 Å². The minimum atomic E-state index is -3.99. The molecule has 1 saturated heterocycles. The van der Waals surface area contributed by atoms with Crippen molar-refractivity contribution in [1.82, 2.24) is 9.62 Å². The van der Waals surface area contributed by atoms with Crippen LogP contribution in [0.2, 0.25) is 5.02 Å². The molecule has 1 fully saturated rings. The maximum Gasteiger partial charge on any atom is 0.622 e. The summed E-state index contributed by atoms with van der Waals surface area (Å²) in [5.41, 5.74) is 0. The summed E-state index contributed by atoms with van der Waals surface area (Å²) in [6.07, 6.45) is 5.88. The first-order valence-electron chi connectivity index (χ1n) is 9.23. The number of nitrogens with zero attached hydrogens (tertiary/aromatic N) is 1. The van der Waals surface area contributed by atoms with Crippen LogP contribution < -0.4 is 4.72 Å². The molecule has 0 bridgehead atoms. The van der Waals surface area contributed by atoms with Crippen molar-refractivity contribution in [2.75, 3.05) is 20.1 Å². The van der Waals surface area contributed by atoms with E-state index in [2.05, 4.69) is 4.72 Å². The second-order valence-electron chi connectivity index (χ2n) is 6.69. The molecule has 11 heteroatoms. The zero-order chi connectivity index (χ0) is 21.4. The van der Waals surface area contributed by atoms with E-state index in [1.165, 1.54) is 29.2 Å². The van der Waals surface area contributed by atoms with E-state index >= 15 is 0 Å². The van der Waals surface area contributed by atoms with Crippen LogP contribution in [-0.4, -0.2) is 58.5 Å². The van der Waals surface area contributed by atoms with Gasteiger partial charge in [0.1, 0.15) is 5.94 Å². The number of nitrogens with one attached hydrogen (secondary N) is 1. The summed E-state index contributed by atoms with van der Waals surface area (Å²) >= 11 is 5.82. The van der Waals surface area contributed by atoms with Crippen LogP contribution >= 0.6 is 11.6 Å². The third kappa shape index (κ3) is 7.47. The molecule has 1 heterocycles.